The lowest BCUT2D eigenvalue weighted by Crippen LogP contribution is -2.05. The Kier molecular flexibility index (Phi) is 2.80. The summed E-state index contributed by atoms with van der Waals surface area (Å²) in [5.74, 6) is -0.361. The second kappa shape index (κ2) is 3.85. The zero-order chi connectivity index (χ0) is 9.84. The van der Waals surface area contributed by atoms with E-state index in [1.54, 1.807) is 25.1 Å². The Morgan fingerprint density at radius 2 is 2.31 bits per heavy atom. The molecule has 0 bridgehead atoms. The lowest BCUT2D eigenvalue weighted by atomic mass is 10.2. The average molecular weight is 177 g/mol. The topological polar surface area (TPSA) is 39.2 Å². The predicted molar refractivity (Wildman–Crippen MR) is 50.4 cm³/mol. The molecule has 1 aromatic rings. The van der Waals surface area contributed by atoms with Crippen molar-refractivity contribution < 1.29 is 9.53 Å². The SMILES string of the molecule is C=Cc1ccc(C(=O)OC)c(C)n1. The van der Waals surface area contributed by atoms with Gasteiger partial charge in [-0.25, -0.2) is 4.79 Å². The molecule has 0 aliphatic rings. The smallest absolute Gasteiger partial charge is 0.339 e. The van der Waals surface area contributed by atoms with Crippen molar-refractivity contribution in [3.63, 3.8) is 0 Å². The molecule has 0 atom stereocenters. The third-order valence-electron chi connectivity index (χ3n) is 1.72. The van der Waals surface area contributed by atoms with E-state index < -0.39 is 0 Å². The Morgan fingerprint density at radius 3 is 2.77 bits per heavy atom. The van der Waals surface area contributed by atoms with Crippen molar-refractivity contribution in [1.82, 2.24) is 4.98 Å². The first kappa shape index (κ1) is 9.45. The molecule has 0 aliphatic carbocycles. The van der Waals surface area contributed by atoms with Crippen molar-refractivity contribution in [2.24, 2.45) is 0 Å². The first-order valence-corrected chi connectivity index (χ1v) is 3.87. The van der Waals surface area contributed by atoms with Crippen molar-refractivity contribution in [2.75, 3.05) is 7.11 Å². The third-order valence-corrected chi connectivity index (χ3v) is 1.72. The first-order valence-electron chi connectivity index (χ1n) is 3.87. The van der Waals surface area contributed by atoms with Crippen LogP contribution >= 0.6 is 0 Å². The summed E-state index contributed by atoms with van der Waals surface area (Å²) in [4.78, 5) is 15.3. The Labute approximate surface area is 77.1 Å². The van der Waals surface area contributed by atoms with Gasteiger partial charge in [-0.3, -0.25) is 4.98 Å². The number of hydrogen-bond donors (Lipinski definition) is 0. The number of pyridine rings is 1. The molecule has 1 rings (SSSR count). The van der Waals surface area contributed by atoms with Gasteiger partial charge in [0.25, 0.3) is 0 Å². The standard InChI is InChI=1S/C10H11NO2/c1-4-8-5-6-9(7(2)11-8)10(12)13-3/h4-6H,1H2,2-3H3. The number of esters is 1. The third kappa shape index (κ3) is 1.93. The van der Waals surface area contributed by atoms with Gasteiger partial charge in [0, 0.05) is 0 Å². The monoisotopic (exact) mass is 177 g/mol. The molecule has 1 aromatic heterocycles. The Balaban J connectivity index is 3.12. The summed E-state index contributed by atoms with van der Waals surface area (Å²) in [6, 6.07) is 3.41. The molecule has 1 heterocycles. The second-order valence-corrected chi connectivity index (χ2v) is 2.56. The van der Waals surface area contributed by atoms with Crippen LogP contribution in [0.15, 0.2) is 18.7 Å². The molecule has 0 N–H and O–H groups in total. The van der Waals surface area contributed by atoms with Gasteiger partial charge in [0.05, 0.1) is 24.1 Å². The molecule has 3 nitrogen and oxygen atoms in total. The number of ether oxygens (including phenoxy) is 1. The highest BCUT2D eigenvalue weighted by Gasteiger charge is 2.09. The van der Waals surface area contributed by atoms with Crippen LogP contribution in [0.2, 0.25) is 0 Å². The van der Waals surface area contributed by atoms with E-state index in [9.17, 15) is 4.79 Å². The minimum absolute atomic E-state index is 0.361. The van der Waals surface area contributed by atoms with Crippen LogP contribution < -0.4 is 0 Å². The predicted octanol–water partition coefficient (Wildman–Crippen LogP) is 1.82. The first-order chi connectivity index (χ1) is 6.19. The number of carbonyl (C=O) groups excluding carboxylic acids is 1. The fourth-order valence-electron chi connectivity index (χ4n) is 1.02. The van der Waals surface area contributed by atoms with Gasteiger partial charge in [0.2, 0.25) is 0 Å². The lowest BCUT2D eigenvalue weighted by molar-refractivity contribution is 0.0599. The summed E-state index contributed by atoms with van der Waals surface area (Å²) in [5.41, 5.74) is 1.91. The highest BCUT2D eigenvalue weighted by atomic mass is 16.5. The van der Waals surface area contributed by atoms with Crippen LogP contribution in [-0.4, -0.2) is 18.1 Å². The largest absolute Gasteiger partial charge is 0.465 e. The molecular formula is C10H11NO2. The van der Waals surface area contributed by atoms with Crippen LogP contribution in [0.3, 0.4) is 0 Å². The quantitative estimate of drug-likeness (QED) is 0.647. The van der Waals surface area contributed by atoms with Crippen LogP contribution in [-0.2, 0) is 4.74 Å². The molecule has 13 heavy (non-hydrogen) atoms. The number of hydrogen-bond acceptors (Lipinski definition) is 3. The maximum atomic E-state index is 11.1. The molecule has 0 aromatic carbocycles. The van der Waals surface area contributed by atoms with Crippen molar-refractivity contribution >= 4 is 12.0 Å². The second-order valence-electron chi connectivity index (χ2n) is 2.56. The van der Waals surface area contributed by atoms with E-state index in [1.165, 1.54) is 7.11 Å². The normalized spacial score (nSPS) is 9.38. The number of carbonyl (C=O) groups is 1. The molecule has 0 spiro atoms. The van der Waals surface area contributed by atoms with E-state index in [-0.39, 0.29) is 5.97 Å². The van der Waals surface area contributed by atoms with Gasteiger partial charge in [0.15, 0.2) is 0 Å². The van der Waals surface area contributed by atoms with Crippen LogP contribution in [0.25, 0.3) is 6.08 Å². The summed E-state index contributed by atoms with van der Waals surface area (Å²) in [7, 11) is 1.35. The number of aromatic nitrogens is 1. The summed E-state index contributed by atoms with van der Waals surface area (Å²) in [5, 5.41) is 0. The van der Waals surface area contributed by atoms with Crippen molar-refractivity contribution in [2.45, 2.75) is 6.92 Å². The summed E-state index contributed by atoms with van der Waals surface area (Å²) in [6.07, 6.45) is 1.63. The van der Waals surface area contributed by atoms with Crippen molar-refractivity contribution in [3.8, 4) is 0 Å². The van der Waals surface area contributed by atoms with Gasteiger partial charge in [-0.1, -0.05) is 6.58 Å². The molecule has 0 aliphatic heterocycles. The Bertz CT molecular complexity index is 345. The van der Waals surface area contributed by atoms with E-state index in [2.05, 4.69) is 16.3 Å². The van der Waals surface area contributed by atoms with E-state index in [1.807, 2.05) is 0 Å². The van der Waals surface area contributed by atoms with Gasteiger partial charge in [-0.2, -0.15) is 0 Å². The Hall–Kier alpha value is -1.64. The molecule has 0 saturated carbocycles. The molecule has 0 saturated heterocycles. The van der Waals surface area contributed by atoms with E-state index in [4.69, 9.17) is 0 Å². The minimum atomic E-state index is -0.361. The maximum Gasteiger partial charge on any atom is 0.339 e. The van der Waals surface area contributed by atoms with Crippen LogP contribution in [0.1, 0.15) is 21.7 Å². The highest BCUT2D eigenvalue weighted by Crippen LogP contribution is 2.08. The molecule has 3 heteroatoms. The minimum Gasteiger partial charge on any atom is -0.465 e. The zero-order valence-corrected chi connectivity index (χ0v) is 7.70. The van der Waals surface area contributed by atoms with Crippen LogP contribution in [0.5, 0.6) is 0 Å². The summed E-state index contributed by atoms with van der Waals surface area (Å²) < 4.78 is 4.59. The van der Waals surface area contributed by atoms with Crippen LogP contribution in [0.4, 0.5) is 0 Å². The van der Waals surface area contributed by atoms with Crippen LogP contribution in [0, 0.1) is 6.92 Å². The van der Waals surface area contributed by atoms with Gasteiger partial charge < -0.3 is 4.74 Å². The van der Waals surface area contributed by atoms with E-state index >= 15 is 0 Å². The molecule has 0 unspecified atom stereocenters. The Morgan fingerprint density at radius 1 is 1.62 bits per heavy atom. The van der Waals surface area contributed by atoms with Gasteiger partial charge in [-0.15, -0.1) is 0 Å². The highest BCUT2D eigenvalue weighted by molar-refractivity contribution is 5.90. The fourth-order valence-corrected chi connectivity index (χ4v) is 1.02. The maximum absolute atomic E-state index is 11.1. The molecular weight excluding hydrogens is 166 g/mol. The average Bonchev–Trinajstić information content (AvgIpc) is 2.16. The molecule has 0 amide bonds. The summed E-state index contributed by atoms with van der Waals surface area (Å²) in [6.45, 7) is 5.35. The lowest BCUT2D eigenvalue weighted by Gasteiger charge is -2.02. The zero-order valence-electron chi connectivity index (χ0n) is 7.70. The number of rotatable bonds is 2. The molecule has 0 radical (unpaired) electrons. The van der Waals surface area contributed by atoms with E-state index in [0.29, 0.717) is 11.3 Å². The van der Waals surface area contributed by atoms with Gasteiger partial charge in [0.1, 0.15) is 0 Å². The fraction of sp³-hybridized carbons (Fsp3) is 0.200. The summed E-state index contributed by atoms with van der Waals surface area (Å²) >= 11 is 0. The van der Waals surface area contributed by atoms with Crippen molar-refractivity contribution in [3.05, 3.63) is 35.7 Å². The van der Waals surface area contributed by atoms with Gasteiger partial charge in [-0.05, 0) is 25.1 Å². The van der Waals surface area contributed by atoms with Gasteiger partial charge >= 0.3 is 5.97 Å². The van der Waals surface area contributed by atoms with E-state index in [0.717, 1.165) is 5.69 Å². The van der Waals surface area contributed by atoms with Crippen molar-refractivity contribution in [1.29, 1.82) is 0 Å². The molecule has 0 fully saturated rings. The number of methoxy groups -OCH3 is 1. The number of aryl methyl sites for hydroxylation is 1. The number of nitrogens with zero attached hydrogens (tertiary/aromatic N) is 1. The molecule has 68 valence electrons.